The number of hydrogen-bond donors (Lipinski definition) is 1. The third-order valence-electron chi connectivity index (χ3n) is 1.88. The molecule has 0 aliphatic heterocycles. The summed E-state index contributed by atoms with van der Waals surface area (Å²) in [5.74, 6) is 0.293. The molecule has 0 atom stereocenters. The number of nitrogen functional groups attached to an aromatic ring is 1. The normalized spacial score (nSPS) is 10.5. The third kappa shape index (κ3) is 3.27. The molecular formula is C10H14F2N2O. The first-order valence-corrected chi connectivity index (χ1v) is 4.48. The van der Waals surface area contributed by atoms with E-state index in [1.807, 2.05) is 19.0 Å². The first-order valence-electron chi connectivity index (χ1n) is 4.48. The second-order valence-electron chi connectivity index (χ2n) is 3.32. The number of benzene rings is 1. The Kier molecular flexibility index (Phi) is 3.71. The molecule has 0 bridgehead atoms. The Morgan fingerprint density at radius 3 is 2.60 bits per heavy atom. The Bertz CT molecular complexity index is 329. The number of anilines is 2. The van der Waals surface area contributed by atoms with E-state index in [4.69, 9.17) is 10.5 Å². The van der Waals surface area contributed by atoms with Crippen LogP contribution in [0.1, 0.15) is 0 Å². The zero-order chi connectivity index (χ0) is 11.4. The highest BCUT2D eigenvalue weighted by atomic mass is 19.3. The van der Waals surface area contributed by atoms with Crippen molar-refractivity contribution in [2.24, 2.45) is 0 Å². The van der Waals surface area contributed by atoms with Gasteiger partial charge < -0.3 is 15.4 Å². The Balaban J connectivity index is 2.81. The van der Waals surface area contributed by atoms with Crippen LogP contribution in [0, 0.1) is 0 Å². The summed E-state index contributed by atoms with van der Waals surface area (Å²) in [5, 5.41) is 0. The topological polar surface area (TPSA) is 38.5 Å². The van der Waals surface area contributed by atoms with Gasteiger partial charge in [-0.1, -0.05) is 0 Å². The third-order valence-corrected chi connectivity index (χ3v) is 1.88. The van der Waals surface area contributed by atoms with Gasteiger partial charge >= 0.3 is 0 Å². The van der Waals surface area contributed by atoms with Crippen molar-refractivity contribution in [2.75, 3.05) is 31.3 Å². The van der Waals surface area contributed by atoms with E-state index < -0.39 is 13.0 Å². The lowest BCUT2D eigenvalue weighted by Crippen LogP contribution is -2.11. The van der Waals surface area contributed by atoms with Gasteiger partial charge in [0, 0.05) is 25.8 Å². The summed E-state index contributed by atoms with van der Waals surface area (Å²) in [7, 11) is 3.70. The summed E-state index contributed by atoms with van der Waals surface area (Å²) in [6, 6.07) is 5.07. The molecule has 0 radical (unpaired) electrons. The van der Waals surface area contributed by atoms with Gasteiger partial charge in [-0.05, 0) is 12.1 Å². The summed E-state index contributed by atoms with van der Waals surface area (Å²) in [6.45, 7) is -0.638. The molecule has 0 fully saturated rings. The number of nitrogens with zero attached hydrogens (tertiary/aromatic N) is 1. The van der Waals surface area contributed by atoms with Gasteiger partial charge in [0.05, 0.1) is 5.69 Å². The molecule has 2 N–H and O–H groups in total. The van der Waals surface area contributed by atoms with Crippen molar-refractivity contribution in [1.29, 1.82) is 0 Å². The maximum atomic E-state index is 11.9. The molecule has 0 aliphatic carbocycles. The molecule has 1 aromatic rings. The average Bonchev–Trinajstić information content (AvgIpc) is 2.16. The van der Waals surface area contributed by atoms with E-state index in [0.717, 1.165) is 5.69 Å². The highest BCUT2D eigenvalue weighted by Gasteiger charge is 2.07. The molecule has 0 unspecified atom stereocenters. The molecule has 0 aliphatic rings. The number of rotatable bonds is 4. The molecule has 15 heavy (non-hydrogen) atoms. The lowest BCUT2D eigenvalue weighted by molar-refractivity contribution is 0.0823. The number of hydrogen-bond acceptors (Lipinski definition) is 3. The van der Waals surface area contributed by atoms with E-state index >= 15 is 0 Å². The van der Waals surface area contributed by atoms with E-state index in [1.54, 1.807) is 18.2 Å². The fourth-order valence-electron chi connectivity index (χ4n) is 1.08. The van der Waals surface area contributed by atoms with Gasteiger partial charge in [-0.3, -0.25) is 0 Å². The van der Waals surface area contributed by atoms with Crippen LogP contribution in [0.3, 0.4) is 0 Å². The Labute approximate surface area is 87.4 Å². The monoisotopic (exact) mass is 216 g/mol. The summed E-state index contributed by atoms with van der Waals surface area (Å²) in [4.78, 5) is 1.84. The lowest BCUT2D eigenvalue weighted by Gasteiger charge is -2.15. The summed E-state index contributed by atoms with van der Waals surface area (Å²) >= 11 is 0. The summed E-state index contributed by atoms with van der Waals surface area (Å²) in [6.07, 6.45) is -2.49. The van der Waals surface area contributed by atoms with Crippen LogP contribution in [0.15, 0.2) is 18.2 Å². The Hall–Kier alpha value is -1.52. The molecule has 1 rings (SSSR count). The molecule has 3 nitrogen and oxygen atoms in total. The molecule has 1 aromatic carbocycles. The van der Waals surface area contributed by atoms with Crippen molar-refractivity contribution in [3.8, 4) is 5.75 Å². The predicted molar refractivity (Wildman–Crippen MR) is 56.7 cm³/mol. The molecule has 0 spiro atoms. The molecule has 0 aromatic heterocycles. The van der Waals surface area contributed by atoms with Crippen molar-refractivity contribution in [1.82, 2.24) is 0 Å². The average molecular weight is 216 g/mol. The lowest BCUT2D eigenvalue weighted by atomic mass is 10.2. The molecule has 0 heterocycles. The van der Waals surface area contributed by atoms with E-state index in [2.05, 4.69) is 0 Å². The fourth-order valence-corrected chi connectivity index (χ4v) is 1.08. The van der Waals surface area contributed by atoms with Crippen LogP contribution in [0.4, 0.5) is 20.2 Å². The maximum absolute atomic E-state index is 11.9. The van der Waals surface area contributed by atoms with Crippen LogP contribution in [0.2, 0.25) is 0 Å². The van der Waals surface area contributed by atoms with Gasteiger partial charge in [0.1, 0.15) is 12.4 Å². The molecule has 5 heteroatoms. The van der Waals surface area contributed by atoms with E-state index in [9.17, 15) is 8.78 Å². The maximum Gasteiger partial charge on any atom is 0.272 e. The Morgan fingerprint density at radius 2 is 2.07 bits per heavy atom. The second kappa shape index (κ2) is 4.82. The zero-order valence-corrected chi connectivity index (χ0v) is 8.71. The van der Waals surface area contributed by atoms with Crippen molar-refractivity contribution in [2.45, 2.75) is 6.43 Å². The van der Waals surface area contributed by atoms with Gasteiger partial charge in [-0.2, -0.15) is 0 Å². The van der Waals surface area contributed by atoms with E-state index in [0.29, 0.717) is 11.4 Å². The van der Waals surface area contributed by atoms with Gasteiger partial charge in [0.15, 0.2) is 0 Å². The molecule has 0 saturated heterocycles. The van der Waals surface area contributed by atoms with Crippen LogP contribution in [0.25, 0.3) is 0 Å². The highest BCUT2D eigenvalue weighted by Crippen LogP contribution is 2.26. The molecule has 0 amide bonds. The van der Waals surface area contributed by atoms with Crippen LogP contribution in [0.5, 0.6) is 5.75 Å². The van der Waals surface area contributed by atoms with Crippen molar-refractivity contribution in [3.63, 3.8) is 0 Å². The standard InChI is InChI=1S/C10H14F2N2O/c1-14(2)7-3-4-8(13)9(5-7)15-6-10(11)12/h3-5,10H,6,13H2,1-2H3. The highest BCUT2D eigenvalue weighted by molar-refractivity contribution is 5.61. The smallest absolute Gasteiger partial charge is 0.272 e. The zero-order valence-electron chi connectivity index (χ0n) is 8.71. The predicted octanol–water partition coefficient (Wildman–Crippen LogP) is 1.98. The second-order valence-corrected chi connectivity index (χ2v) is 3.32. The number of alkyl halides is 2. The Morgan fingerprint density at radius 1 is 1.40 bits per heavy atom. The van der Waals surface area contributed by atoms with Gasteiger partial charge in [0.2, 0.25) is 0 Å². The van der Waals surface area contributed by atoms with Crippen molar-refractivity contribution >= 4 is 11.4 Å². The minimum Gasteiger partial charge on any atom is -0.485 e. The fraction of sp³-hybridized carbons (Fsp3) is 0.400. The van der Waals surface area contributed by atoms with Crippen LogP contribution >= 0.6 is 0 Å². The molecule has 84 valence electrons. The number of nitrogens with two attached hydrogens (primary N) is 1. The molecular weight excluding hydrogens is 202 g/mol. The van der Waals surface area contributed by atoms with Gasteiger partial charge in [-0.25, -0.2) is 8.78 Å². The minimum atomic E-state index is -2.49. The minimum absolute atomic E-state index is 0.293. The quantitative estimate of drug-likeness (QED) is 0.782. The van der Waals surface area contributed by atoms with Crippen LogP contribution < -0.4 is 15.4 Å². The molecule has 0 saturated carbocycles. The van der Waals surface area contributed by atoms with E-state index in [-0.39, 0.29) is 0 Å². The van der Waals surface area contributed by atoms with Crippen LogP contribution in [-0.2, 0) is 0 Å². The van der Waals surface area contributed by atoms with Crippen LogP contribution in [-0.4, -0.2) is 27.1 Å². The summed E-state index contributed by atoms with van der Waals surface area (Å²) < 4.78 is 28.8. The largest absolute Gasteiger partial charge is 0.485 e. The van der Waals surface area contributed by atoms with E-state index in [1.165, 1.54) is 0 Å². The summed E-state index contributed by atoms with van der Waals surface area (Å²) in [5.41, 5.74) is 6.80. The number of ether oxygens (including phenoxy) is 1. The van der Waals surface area contributed by atoms with Gasteiger partial charge in [0.25, 0.3) is 6.43 Å². The van der Waals surface area contributed by atoms with Crippen molar-refractivity contribution in [3.05, 3.63) is 18.2 Å². The first kappa shape index (κ1) is 11.6. The first-order chi connectivity index (χ1) is 7.00. The van der Waals surface area contributed by atoms with Crippen molar-refractivity contribution < 1.29 is 13.5 Å². The SMILES string of the molecule is CN(C)c1ccc(N)c(OCC(F)F)c1. The van der Waals surface area contributed by atoms with Gasteiger partial charge in [-0.15, -0.1) is 0 Å². The number of halogens is 2.